The van der Waals surface area contributed by atoms with E-state index < -0.39 is 23.9 Å². The third kappa shape index (κ3) is 5.25. The third-order valence-electron chi connectivity index (χ3n) is 4.29. The van der Waals surface area contributed by atoms with Crippen LogP contribution in [0.5, 0.6) is 5.75 Å². The predicted octanol–water partition coefficient (Wildman–Crippen LogP) is 4.13. The summed E-state index contributed by atoms with van der Waals surface area (Å²) in [5, 5.41) is 2.70. The first-order chi connectivity index (χ1) is 14.1. The number of carbonyl (C=O) groups excluding carboxylic acids is 1. The van der Waals surface area contributed by atoms with Crippen LogP contribution in [0.1, 0.15) is 34.6 Å². The van der Waals surface area contributed by atoms with Crippen molar-refractivity contribution in [1.82, 2.24) is 15.3 Å². The number of amides is 1. The minimum Gasteiger partial charge on any atom is -0.406 e. The second kappa shape index (κ2) is 8.40. The smallest absolute Gasteiger partial charge is 0.406 e. The number of aromatic amines is 1. The van der Waals surface area contributed by atoms with Crippen molar-refractivity contribution in [2.24, 2.45) is 0 Å². The van der Waals surface area contributed by atoms with Crippen LogP contribution in [0.25, 0.3) is 11.4 Å². The molecule has 0 unspecified atom stereocenters. The fraction of sp³-hybridized carbons (Fsp3) is 0.190. The van der Waals surface area contributed by atoms with Gasteiger partial charge in [0.2, 0.25) is 0 Å². The summed E-state index contributed by atoms with van der Waals surface area (Å²) in [6, 6.07) is 13.5. The average Bonchev–Trinajstić information content (AvgIpc) is 2.68. The number of alkyl halides is 3. The molecule has 0 spiro atoms. The van der Waals surface area contributed by atoms with Crippen molar-refractivity contribution in [3.63, 3.8) is 0 Å². The lowest BCUT2D eigenvalue weighted by Gasteiger charge is -2.17. The van der Waals surface area contributed by atoms with E-state index in [1.165, 1.54) is 25.1 Å². The van der Waals surface area contributed by atoms with Crippen LogP contribution in [0, 0.1) is 6.92 Å². The molecule has 0 saturated heterocycles. The Morgan fingerprint density at radius 2 is 1.83 bits per heavy atom. The third-order valence-corrected chi connectivity index (χ3v) is 4.29. The number of halogens is 3. The highest BCUT2D eigenvalue weighted by Gasteiger charge is 2.31. The summed E-state index contributed by atoms with van der Waals surface area (Å²) >= 11 is 0. The van der Waals surface area contributed by atoms with Gasteiger partial charge in [-0.1, -0.05) is 42.5 Å². The van der Waals surface area contributed by atoms with Crippen molar-refractivity contribution in [3.05, 3.63) is 81.8 Å². The van der Waals surface area contributed by atoms with Crippen molar-refractivity contribution in [2.45, 2.75) is 26.3 Å². The number of H-pyrrole nitrogens is 1. The first-order valence-electron chi connectivity index (χ1n) is 8.96. The standard InChI is InChI=1S/C21H18F3N3O3/c1-12-10-15(8-9-17(12)30-21(22,23)24)13(2)25-20(29)16-11-18(28)27-19(26-16)14-6-4-3-5-7-14/h3-11,13H,1-2H3,(H,25,29)(H,26,27,28)/t13-/m1/s1. The fourth-order valence-electron chi connectivity index (χ4n) is 2.84. The van der Waals surface area contributed by atoms with Gasteiger partial charge in [-0.25, -0.2) is 4.98 Å². The van der Waals surface area contributed by atoms with E-state index in [0.29, 0.717) is 11.1 Å². The lowest BCUT2D eigenvalue weighted by molar-refractivity contribution is -0.274. The van der Waals surface area contributed by atoms with Gasteiger partial charge < -0.3 is 15.0 Å². The molecule has 3 rings (SSSR count). The summed E-state index contributed by atoms with van der Waals surface area (Å²) in [5.74, 6) is -0.641. The van der Waals surface area contributed by atoms with Crippen LogP contribution in [0.3, 0.4) is 0 Å². The topological polar surface area (TPSA) is 84.1 Å². The van der Waals surface area contributed by atoms with E-state index in [-0.39, 0.29) is 22.8 Å². The van der Waals surface area contributed by atoms with Crippen LogP contribution < -0.4 is 15.6 Å². The van der Waals surface area contributed by atoms with Gasteiger partial charge >= 0.3 is 6.36 Å². The molecular weight excluding hydrogens is 399 g/mol. The van der Waals surface area contributed by atoms with Crippen LogP contribution in [-0.4, -0.2) is 22.2 Å². The molecule has 2 aromatic carbocycles. The van der Waals surface area contributed by atoms with Crippen LogP contribution in [0.15, 0.2) is 59.4 Å². The SMILES string of the molecule is Cc1cc([C@@H](C)NC(=O)c2cc(=O)[nH]c(-c3ccccc3)n2)ccc1OC(F)(F)F. The molecule has 1 atom stereocenters. The molecule has 0 aliphatic rings. The summed E-state index contributed by atoms with van der Waals surface area (Å²) in [6.07, 6.45) is -4.78. The molecule has 1 aromatic heterocycles. The van der Waals surface area contributed by atoms with Crippen LogP contribution >= 0.6 is 0 Å². The number of hydrogen-bond acceptors (Lipinski definition) is 4. The summed E-state index contributed by atoms with van der Waals surface area (Å²) < 4.78 is 41.2. The monoisotopic (exact) mass is 417 g/mol. The van der Waals surface area contributed by atoms with Crippen LogP contribution in [-0.2, 0) is 0 Å². The number of nitrogens with zero attached hydrogens (tertiary/aromatic N) is 1. The Bertz CT molecular complexity index is 1110. The van der Waals surface area contributed by atoms with E-state index in [9.17, 15) is 22.8 Å². The minimum atomic E-state index is -4.78. The van der Waals surface area contributed by atoms with Gasteiger partial charge in [0.25, 0.3) is 11.5 Å². The van der Waals surface area contributed by atoms with Crippen LogP contribution in [0.4, 0.5) is 13.2 Å². The Labute approximate surface area is 169 Å². The molecule has 0 bridgehead atoms. The Morgan fingerprint density at radius 1 is 1.13 bits per heavy atom. The zero-order valence-electron chi connectivity index (χ0n) is 16.1. The summed E-state index contributed by atoms with van der Waals surface area (Å²) in [4.78, 5) is 31.4. The molecule has 156 valence electrons. The first kappa shape index (κ1) is 21.1. The molecule has 6 nitrogen and oxygen atoms in total. The van der Waals surface area contributed by atoms with Gasteiger partial charge in [0.1, 0.15) is 17.3 Å². The van der Waals surface area contributed by atoms with Crippen molar-refractivity contribution in [1.29, 1.82) is 0 Å². The molecular formula is C21H18F3N3O3. The Kier molecular flexibility index (Phi) is 5.91. The maximum atomic E-state index is 12.6. The first-order valence-corrected chi connectivity index (χ1v) is 8.96. The highest BCUT2D eigenvalue weighted by Crippen LogP contribution is 2.28. The predicted molar refractivity (Wildman–Crippen MR) is 104 cm³/mol. The molecule has 0 saturated carbocycles. The summed E-state index contributed by atoms with van der Waals surface area (Å²) in [5.41, 5.74) is 0.938. The molecule has 2 N–H and O–H groups in total. The molecule has 3 aromatic rings. The average molecular weight is 417 g/mol. The Morgan fingerprint density at radius 3 is 2.47 bits per heavy atom. The second-order valence-corrected chi connectivity index (χ2v) is 6.61. The van der Waals surface area contributed by atoms with Crippen molar-refractivity contribution in [2.75, 3.05) is 0 Å². The molecule has 1 amide bonds. The molecule has 30 heavy (non-hydrogen) atoms. The molecule has 9 heteroatoms. The van der Waals surface area contributed by atoms with Crippen molar-refractivity contribution in [3.8, 4) is 17.1 Å². The molecule has 1 heterocycles. The number of hydrogen-bond donors (Lipinski definition) is 2. The highest BCUT2D eigenvalue weighted by atomic mass is 19.4. The van der Waals surface area contributed by atoms with E-state index >= 15 is 0 Å². The maximum Gasteiger partial charge on any atom is 0.573 e. The number of ether oxygens (including phenoxy) is 1. The van der Waals surface area contributed by atoms with Gasteiger partial charge in [-0.15, -0.1) is 13.2 Å². The Hall–Kier alpha value is -3.62. The van der Waals surface area contributed by atoms with E-state index in [0.717, 1.165) is 6.07 Å². The van der Waals surface area contributed by atoms with Gasteiger partial charge in [-0.05, 0) is 31.0 Å². The van der Waals surface area contributed by atoms with Gasteiger partial charge in [0.15, 0.2) is 0 Å². The van der Waals surface area contributed by atoms with E-state index in [1.54, 1.807) is 31.2 Å². The number of aryl methyl sites for hydroxylation is 1. The zero-order valence-corrected chi connectivity index (χ0v) is 16.1. The minimum absolute atomic E-state index is 0.0711. The number of benzene rings is 2. The second-order valence-electron chi connectivity index (χ2n) is 6.61. The largest absolute Gasteiger partial charge is 0.573 e. The van der Waals surface area contributed by atoms with Gasteiger partial charge in [-0.3, -0.25) is 9.59 Å². The lowest BCUT2D eigenvalue weighted by atomic mass is 10.0. The van der Waals surface area contributed by atoms with E-state index in [4.69, 9.17) is 0 Å². The van der Waals surface area contributed by atoms with E-state index in [1.807, 2.05) is 6.07 Å². The fourth-order valence-corrected chi connectivity index (χ4v) is 2.84. The van der Waals surface area contributed by atoms with Crippen LogP contribution in [0.2, 0.25) is 0 Å². The molecule has 0 aliphatic carbocycles. The summed E-state index contributed by atoms with van der Waals surface area (Å²) in [7, 11) is 0. The van der Waals surface area contributed by atoms with Gasteiger partial charge in [0.05, 0.1) is 6.04 Å². The number of carbonyl (C=O) groups is 1. The van der Waals surface area contributed by atoms with Gasteiger partial charge in [0, 0.05) is 11.6 Å². The summed E-state index contributed by atoms with van der Waals surface area (Å²) in [6.45, 7) is 3.14. The van der Waals surface area contributed by atoms with E-state index in [2.05, 4.69) is 20.0 Å². The maximum absolute atomic E-state index is 12.6. The number of nitrogens with one attached hydrogen (secondary N) is 2. The number of rotatable bonds is 5. The molecule has 0 radical (unpaired) electrons. The zero-order chi connectivity index (χ0) is 21.9. The molecule has 0 aliphatic heterocycles. The van der Waals surface area contributed by atoms with Gasteiger partial charge in [-0.2, -0.15) is 0 Å². The van der Waals surface area contributed by atoms with Crippen molar-refractivity contribution < 1.29 is 22.7 Å². The lowest BCUT2D eigenvalue weighted by Crippen LogP contribution is -2.29. The number of aromatic nitrogens is 2. The quantitative estimate of drug-likeness (QED) is 0.654. The van der Waals surface area contributed by atoms with Crippen molar-refractivity contribution >= 4 is 5.91 Å². The normalized spacial score (nSPS) is 12.3. The highest BCUT2D eigenvalue weighted by molar-refractivity contribution is 5.92. The molecule has 0 fully saturated rings. The Balaban J connectivity index is 1.78.